The van der Waals surface area contributed by atoms with Gasteiger partial charge in [-0.3, -0.25) is 9.36 Å². The summed E-state index contributed by atoms with van der Waals surface area (Å²) in [7, 11) is 0. The van der Waals surface area contributed by atoms with Crippen molar-refractivity contribution >= 4 is 17.0 Å². The maximum Gasteiger partial charge on any atom is 0.256 e. The molecule has 6 heteroatoms. The summed E-state index contributed by atoms with van der Waals surface area (Å²) >= 11 is 0. The molecule has 1 aliphatic carbocycles. The summed E-state index contributed by atoms with van der Waals surface area (Å²) in [5, 5.41) is 4.29. The van der Waals surface area contributed by atoms with Crippen LogP contribution in [0.15, 0.2) is 47.4 Å². The molecule has 0 aliphatic heterocycles. The smallest absolute Gasteiger partial charge is 0.256 e. The number of nitrogens with one attached hydrogen (secondary N) is 1. The average Bonchev–Trinajstić information content (AvgIpc) is 3.36. The van der Waals surface area contributed by atoms with Crippen molar-refractivity contribution < 1.29 is 0 Å². The molecule has 3 aromatic rings. The summed E-state index contributed by atoms with van der Waals surface area (Å²) in [6.07, 6.45) is 6.27. The van der Waals surface area contributed by atoms with E-state index in [0.717, 1.165) is 74.0 Å². The Balaban J connectivity index is 1.72. The van der Waals surface area contributed by atoms with Crippen LogP contribution in [-0.4, -0.2) is 45.6 Å². The Kier molecular flexibility index (Phi) is 7.20. The molecule has 0 amide bonds. The van der Waals surface area contributed by atoms with E-state index >= 15 is 0 Å². The van der Waals surface area contributed by atoms with Crippen LogP contribution in [0.25, 0.3) is 11.0 Å². The molecule has 0 spiro atoms. The third kappa shape index (κ3) is 4.70. The van der Waals surface area contributed by atoms with Gasteiger partial charge >= 0.3 is 0 Å². The SMILES string of the molecule is CCN(CC)CCNc1ncc2cc(C(C)c3ccccc3)c(=O)n(C3CCCC3)c2n1. The second-order valence-corrected chi connectivity index (χ2v) is 8.77. The minimum atomic E-state index is 0.0209. The van der Waals surface area contributed by atoms with Crippen molar-refractivity contribution in [3.05, 3.63) is 64.1 Å². The lowest BCUT2D eigenvalue weighted by Crippen LogP contribution is -2.30. The number of anilines is 1. The van der Waals surface area contributed by atoms with E-state index < -0.39 is 0 Å². The standard InChI is InChI=1S/C26H35N5O/c1-4-30(5-2)16-15-27-26-28-18-21-17-23(19(3)20-11-7-6-8-12-20)25(32)31(24(21)29-26)22-13-9-10-14-22/h6-8,11-12,17-19,22H,4-5,9-10,13-16H2,1-3H3,(H,27,28,29). The minimum Gasteiger partial charge on any atom is -0.353 e. The summed E-state index contributed by atoms with van der Waals surface area (Å²) in [6.45, 7) is 10.2. The van der Waals surface area contributed by atoms with Gasteiger partial charge in [-0.2, -0.15) is 4.98 Å². The lowest BCUT2D eigenvalue weighted by atomic mass is 9.93. The lowest BCUT2D eigenvalue weighted by molar-refractivity contribution is 0.316. The number of likely N-dealkylation sites (N-methyl/N-ethyl adjacent to an activating group) is 1. The van der Waals surface area contributed by atoms with Crippen LogP contribution in [0.3, 0.4) is 0 Å². The molecule has 2 aromatic heterocycles. The summed E-state index contributed by atoms with van der Waals surface area (Å²) in [5.74, 6) is 0.618. The first kappa shape index (κ1) is 22.5. The van der Waals surface area contributed by atoms with Crippen molar-refractivity contribution in [2.75, 3.05) is 31.5 Å². The Morgan fingerprint density at radius 3 is 2.56 bits per heavy atom. The molecule has 32 heavy (non-hydrogen) atoms. The van der Waals surface area contributed by atoms with Gasteiger partial charge in [0.25, 0.3) is 5.56 Å². The van der Waals surface area contributed by atoms with Crippen LogP contribution >= 0.6 is 0 Å². The lowest BCUT2D eigenvalue weighted by Gasteiger charge is -2.21. The van der Waals surface area contributed by atoms with Crippen molar-refractivity contribution in [2.24, 2.45) is 0 Å². The highest BCUT2D eigenvalue weighted by Crippen LogP contribution is 2.32. The van der Waals surface area contributed by atoms with Gasteiger partial charge in [0.15, 0.2) is 0 Å². The molecule has 1 unspecified atom stereocenters. The zero-order valence-corrected chi connectivity index (χ0v) is 19.6. The molecule has 1 fully saturated rings. The van der Waals surface area contributed by atoms with Crippen LogP contribution in [0.5, 0.6) is 0 Å². The quantitative estimate of drug-likeness (QED) is 0.525. The summed E-state index contributed by atoms with van der Waals surface area (Å²) in [5.41, 5.74) is 2.82. The Labute approximate surface area is 190 Å². The average molecular weight is 434 g/mol. The Bertz CT molecular complexity index is 1080. The van der Waals surface area contributed by atoms with Crippen LogP contribution in [0, 0.1) is 0 Å². The fourth-order valence-electron chi connectivity index (χ4n) is 4.82. The van der Waals surface area contributed by atoms with Crippen molar-refractivity contribution in [1.82, 2.24) is 19.4 Å². The normalized spacial score (nSPS) is 15.5. The molecule has 1 aliphatic rings. The maximum absolute atomic E-state index is 13.8. The van der Waals surface area contributed by atoms with Crippen molar-refractivity contribution in [3.8, 4) is 0 Å². The second-order valence-electron chi connectivity index (χ2n) is 8.77. The number of fused-ring (bicyclic) bond motifs is 1. The van der Waals surface area contributed by atoms with Gasteiger partial charge in [0.2, 0.25) is 5.95 Å². The number of aromatic nitrogens is 3. The van der Waals surface area contributed by atoms with Crippen LogP contribution in [0.4, 0.5) is 5.95 Å². The highest BCUT2D eigenvalue weighted by molar-refractivity contribution is 5.76. The highest BCUT2D eigenvalue weighted by atomic mass is 16.1. The van der Waals surface area contributed by atoms with Gasteiger partial charge < -0.3 is 10.2 Å². The van der Waals surface area contributed by atoms with Crippen LogP contribution in [-0.2, 0) is 0 Å². The maximum atomic E-state index is 13.8. The van der Waals surface area contributed by atoms with Gasteiger partial charge in [0.05, 0.1) is 0 Å². The number of benzene rings is 1. The number of hydrogen-bond acceptors (Lipinski definition) is 5. The molecule has 4 rings (SSSR count). The van der Waals surface area contributed by atoms with E-state index in [1.807, 2.05) is 35.0 Å². The molecule has 6 nitrogen and oxygen atoms in total. The van der Waals surface area contributed by atoms with E-state index in [0.29, 0.717) is 5.95 Å². The molecule has 1 aromatic carbocycles. The zero-order chi connectivity index (χ0) is 22.5. The van der Waals surface area contributed by atoms with Gasteiger partial charge in [-0.05, 0) is 37.6 Å². The van der Waals surface area contributed by atoms with Gasteiger partial charge in [-0.1, -0.05) is 63.9 Å². The molecule has 1 N–H and O–H groups in total. The number of hydrogen-bond donors (Lipinski definition) is 1. The predicted octanol–water partition coefficient (Wildman–Crippen LogP) is 4.81. The third-order valence-electron chi connectivity index (χ3n) is 6.86. The van der Waals surface area contributed by atoms with Gasteiger partial charge in [-0.25, -0.2) is 4.98 Å². The predicted molar refractivity (Wildman–Crippen MR) is 132 cm³/mol. The van der Waals surface area contributed by atoms with E-state index in [-0.39, 0.29) is 17.5 Å². The molecule has 2 heterocycles. The second kappa shape index (κ2) is 10.3. The van der Waals surface area contributed by atoms with Gasteiger partial charge in [0, 0.05) is 42.2 Å². The first-order chi connectivity index (χ1) is 15.6. The van der Waals surface area contributed by atoms with E-state index in [2.05, 4.69) is 48.1 Å². The number of rotatable bonds is 9. The fraction of sp³-hybridized carbons (Fsp3) is 0.500. The first-order valence-electron chi connectivity index (χ1n) is 12.1. The van der Waals surface area contributed by atoms with E-state index in [9.17, 15) is 4.79 Å². The van der Waals surface area contributed by atoms with E-state index in [4.69, 9.17) is 4.98 Å². The first-order valence-corrected chi connectivity index (χ1v) is 12.1. The Hall–Kier alpha value is -2.73. The monoisotopic (exact) mass is 433 g/mol. The van der Waals surface area contributed by atoms with Crippen molar-refractivity contribution in [1.29, 1.82) is 0 Å². The summed E-state index contributed by atoms with van der Waals surface area (Å²) in [4.78, 5) is 25.5. The van der Waals surface area contributed by atoms with Crippen LogP contribution < -0.4 is 10.9 Å². The highest BCUT2D eigenvalue weighted by Gasteiger charge is 2.24. The molecule has 0 saturated heterocycles. The summed E-state index contributed by atoms with van der Waals surface area (Å²) in [6, 6.07) is 12.5. The number of pyridine rings is 1. The topological polar surface area (TPSA) is 63.1 Å². The molecule has 1 atom stereocenters. The largest absolute Gasteiger partial charge is 0.353 e. The molecule has 0 bridgehead atoms. The van der Waals surface area contributed by atoms with Crippen LogP contribution in [0.1, 0.15) is 69.5 Å². The zero-order valence-electron chi connectivity index (χ0n) is 19.6. The Morgan fingerprint density at radius 1 is 1.16 bits per heavy atom. The molecule has 170 valence electrons. The van der Waals surface area contributed by atoms with Gasteiger partial charge in [0.1, 0.15) is 5.65 Å². The minimum absolute atomic E-state index is 0.0209. The third-order valence-corrected chi connectivity index (χ3v) is 6.86. The van der Waals surface area contributed by atoms with Crippen molar-refractivity contribution in [2.45, 2.75) is 58.4 Å². The van der Waals surface area contributed by atoms with Crippen LogP contribution in [0.2, 0.25) is 0 Å². The van der Waals surface area contributed by atoms with Crippen molar-refractivity contribution in [3.63, 3.8) is 0 Å². The van der Waals surface area contributed by atoms with E-state index in [1.165, 1.54) is 0 Å². The Morgan fingerprint density at radius 2 is 1.88 bits per heavy atom. The molecule has 0 radical (unpaired) electrons. The van der Waals surface area contributed by atoms with Gasteiger partial charge in [-0.15, -0.1) is 0 Å². The molecular weight excluding hydrogens is 398 g/mol. The molecular formula is C26H35N5O. The van der Waals surface area contributed by atoms with E-state index in [1.54, 1.807) is 0 Å². The number of nitrogens with zero attached hydrogens (tertiary/aromatic N) is 4. The molecule has 1 saturated carbocycles. The fourth-order valence-corrected chi connectivity index (χ4v) is 4.82. The summed E-state index contributed by atoms with van der Waals surface area (Å²) < 4.78 is 1.97.